The van der Waals surface area contributed by atoms with E-state index in [0.717, 1.165) is 44.3 Å². The maximum absolute atomic E-state index is 13.3. The number of amides is 2. The zero-order chi connectivity index (χ0) is 22.6. The molecule has 6 rings (SSSR count). The second kappa shape index (κ2) is 10.4. The van der Waals surface area contributed by atoms with Gasteiger partial charge in [0, 0.05) is 6.54 Å². The van der Waals surface area contributed by atoms with Gasteiger partial charge in [0.25, 0.3) is 11.8 Å². The number of ether oxygens (including phenoxy) is 4. The Morgan fingerprint density at radius 2 is 1.85 bits per heavy atom. The van der Waals surface area contributed by atoms with Crippen LogP contribution in [0.25, 0.3) is 0 Å². The van der Waals surface area contributed by atoms with Crippen molar-refractivity contribution in [2.24, 2.45) is 0 Å². The predicted octanol–water partition coefficient (Wildman–Crippen LogP) is 2.01. The first-order valence-electron chi connectivity index (χ1n) is 12.3. The molecule has 3 fully saturated rings. The van der Waals surface area contributed by atoms with Crippen molar-refractivity contribution < 1.29 is 28.5 Å². The van der Waals surface area contributed by atoms with Crippen LogP contribution in [-0.4, -0.2) is 80.6 Å². The molecule has 2 amide bonds. The molecule has 0 aromatic heterocycles. The second-order valence-corrected chi connectivity index (χ2v) is 9.48. The summed E-state index contributed by atoms with van der Waals surface area (Å²) >= 11 is 0. The van der Waals surface area contributed by atoms with E-state index in [1.807, 2.05) is 23.1 Å². The van der Waals surface area contributed by atoms with Crippen molar-refractivity contribution in [1.29, 1.82) is 0 Å². The summed E-state index contributed by atoms with van der Waals surface area (Å²) < 4.78 is 23.4. The average molecular weight is 459 g/mol. The minimum Gasteiger partial charge on any atom is -0.483 e. The highest BCUT2D eigenvalue weighted by atomic mass is 16.6. The normalized spacial score (nSPS) is 32.9. The van der Waals surface area contributed by atoms with Gasteiger partial charge in [0.15, 0.2) is 12.7 Å². The molecule has 1 unspecified atom stereocenters. The van der Waals surface area contributed by atoms with Crippen LogP contribution < -0.4 is 10.1 Å². The number of nitrogens with one attached hydrogen (secondary N) is 1. The van der Waals surface area contributed by atoms with E-state index in [1.54, 1.807) is 0 Å². The number of nitrogens with zero attached hydrogens (tertiary/aromatic N) is 1. The first-order chi connectivity index (χ1) is 16.2. The van der Waals surface area contributed by atoms with Gasteiger partial charge < -0.3 is 29.2 Å². The van der Waals surface area contributed by atoms with Gasteiger partial charge in [-0.25, -0.2) is 0 Å². The average Bonchev–Trinajstić information content (AvgIpc) is 2.88. The van der Waals surface area contributed by atoms with E-state index in [1.165, 1.54) is 5.56 Å². The predicted molar refractivity (Wildman–Crippen MR) is 120 cm³/mol. The van der Waals surface area contributed by atoms with Crippen LogP contribution in [0.5, 0.6) is 5.75 Å². The van der Waals surface area contributed by atoms with Gasteiger partial charge >= 0.3 is 0 Å². The molecule has 1 N–H and O–H groups in total. The van der Waals surface area contributed by atoms with Gasteiger partial charge in [-0.05, 0) is 56.1 Å². The van der Waals surface area contributed by atoms with Crippen LogP contribution in [0.15, 0.2) is 24.3 Å². The molecule has 8 nitrogen and oxygen atoms in total. The van der Waals surface area contributed by atoms with Crippen LogP contribution >= 0.6 is 0 Å². The number of piperidine rings is 1. The topological polar surface area (TPSA) is 86.3 Å². The molecule has 4 heterocycles. The summed E-state index contributed by atoms with van der Waals surface area (Å²) in [5.41, 5.74) is 1.19. The molecule has 3 atom stereocenters. The van der Waals surface area contributed by atoms with Gasteiger partial charge in [0.2, 0.25) is 0 Å². The summed E-state index contributed by atoms with van der Waals surface area (Å²) in [5, 5.41) is 3.13. The maximum atomic E-state index is 13.3. The Hall–Kier alpha value is -2.16. The molecule has 0 spiro atoms. The third-order valence-electron chi connectivity index (χ3n) is 7.42. The standard InChI is InChI=1S/C25H34N2O6/c28-24-16-33-22-6-2-1-4-19(22)17-7-9-18(10-8-17)32-14-21-20(5-3-11-27(21)24)26-25(29)23-15-30-12-13-31-23/h1-2,4,6,17-18,20-21,23H,3,5,7-16H2,(H,26,29)/t17?,18?,20-,21-,23?/m0/s1. The minimum atomic E-state index is -0.601. The first-order valence-corrected chi connectivity index (χ1v) is 12.3. The fourth-order valence-corrected chi connectivity index (χ4v) is 5.60. The number of benzene rings is 1. The van der Waals surface area contributed by atoms with Crippen molar-refractivity contribution in [3.63, 3.8) is 0 Å². The van der Waals surface area contributed by atoms with Gasteiger partial charge in [-0.3, -0.25) is 9.59 Å². The summed E-state index contributed by atoms with van der Waals surface area (Å²) in [4.78, 5) is 27.9. The van der Waals surface area contributed by atoms with Crippen molar-refractivity contribution in [2.75, 3.05) is 39.6 Å². The van der Waals surface area contributed by atoms with E-state index in [0.29, 0.717) is 32.3 Å². The minimum absolute atomic E-state index is 0.0100. The van der Waals surface area contributed by atoms with Gasteiger partial charge in [0.05, 0.1) is 44.6 Å². The van der Waals surface area contributed by atoms with Crippen LogP contribution in [0.3, 0.4) is 0 Å². The fraction of sp³-hybridized carbons (Fsp3) is 0.680. The van der Waals surface area contributed by atoms with Gasteiger partial charge in [-0.15, -0.1) is 0 Å². The van der Waals surface area contributed by atoms with Crippen molar-refractivity contribution in [2.45, 2.75) is 68.7 Å². The highest BCUT2D eigenvalue weighted by Gasteiger charge is 2.38. The first kappa shape index (κ1) is 22.6. The Bertz CT molecular complexity index is 834. The number of hydrogen-bond donors (Lipinski definition) is 1. The largest absolute Gasteiger partial charge is 0.483 e. The number of hydrogen-bond acceptors (Lipinski definition) is 6. The zero-order valence-corrected chi connectivity index (χ0v) is 19.1. The fourth-order valence-electron chi connectivity index (χ4n) is 5.60. The lowest BCUT2D eigenvalue weighted by atomic mass is 9.82. The van der Waals surface area contributed by atoms with Crippen molar-refractivity contribution in [1.82, 2.24) is 10.2 Å². The number of rotatable bonds is 2. The molecule has 8 heteroatoms. The lowest BCUT2D eigenvalue weighted by Gasteiger charge is -2.42. The molecule has 1 aromatic carbocycles. The molecule has 5 aliphatic rings. The highest BCUT2D eigenvalue weighted by Crippen LogP contribution is 2.38. The summed E-state index contributed by atoms with van der Waals surface area (Å²) in [7, 11) is 0. The Kier molecular flexibility index (Phi) is 7.13. The summed E-state index contributed by atoms with van der Waals surface area (Å²) in [6.45, 7) is 2.24. The third-order valence-corrected chi connectivity index (χ3v) is 7.42. The van der Waals surface area contributed by atoms with E-state index >= 15 is 0 Å². The van der Waals surface area contributed by atoms with Gasteiger partial charge in [-0.1, -0.05) is 18.2 Å². The summed E-state index contributed by atoms with van der Waals surface area (Å²) in [6, 6.07) is 7.68. The molecule has 33 heavy (non-hydrogen) atoms. The molecule has 1 saturated carbocycles. The Morgan fingerprint density at radius 1 is 1.00 bits per heavy atom. The highest BCUT2D eigenvalue weighted by molar-refractivity contribution is 5.82. The molecule has 2 saturated heterocycles. The molecule has 1 aliphatic carbocycles. The summed E-state index contributed by atoms with van der Waals surface area (Å²) in [5.74, 6) is 0.996. The molecule has 4 aliphatic heterocycles. The van der Waals surface area contributed by atoms with Crippen LogP contribution in [0.2, 0.25) is 0 Å². The van der Waals surface area contributed by atoms with Crippen LogP contribution in [0.1, 0.15) is 50.0 Å². The van der Waals surface area contributed by atoms with Crippen LogP contribution in [0, 0.1) is 0 Å². The van der Waals surface area contributed by atoms with Crippen molar-refractivity contribution in [3.05, 3.63) is 29.8 Å². The molecule has 1 aromatic rings. The van der Waals surface area contributed by atoms with E-state index in [9.17, 15) is 9.59 Å². The number of carbonyl (C=O) groups is 2. The zero-order valence-electron chi connectivity index (χ0n) is 19.1. The van der Waals surface area contributed by atoms with Crippen molar-refractivity contribution >= 4 is 11.8 Å². The van der Waals surface area contributed by atoms with Crippen LogP contribution in [-0.2, 0) is 23.8 Å². The maximum Gasteiger partial charge on any atom is 0.260 e. The van der Waals surface area contributed by atoms with Crippen molar-refractivity contribution in [3.8, 4) is 5.75 Å². The van der Waals surface area contributed by atoms with Crippen LogP contribution in [0.4, 0.5) is 0 Å². The lowest BCUT2D eigenvalue weighted by Crippen LogP contribution is -2.61. The third kappa shape index (κ3) is 5.18. The molecular formula is C25H34N2O6. The summed E-state index contributed by atoms with van der Waals surface area (Å²) in [6.07, 6.45) is 5.27. The molecule has 2 bridgehead atoms. The second-order valence-electron chi connectivity index (χ2n) is 9.48. The smallest absolute Gasteiger partial charge is 0.260 e. The number of fused-ring (bicyclic) bond motifs is 5. The Morgan fingerprint density at radius 3 is 2.67 bits per heavy atom. The number of para-hydroxylation sites is 1. The Balaban J connectivity index is 1.34. The molecule has 180 valence electrons. The molecule has 0 radical (unpaired) electrons. The van der Waals surface area contributed by atoms with Gasteiger partial charge in [0.1, 0.15) is 5.75 Å². The molecular weight excluding hydrogens is 424 g/mol. The van der Waals surface area contributed by atoms with E-state index < -0.39 is 6.10 Å². The Labute approximate surface area is 194 Å². The quantitative estimate of drug-likeness (QED) is 0.730. The van der Waals surface area contributed by atoms with E-state index in [2.05, 4.69) is 11.4 Å². The van der Waals surface area contributed by atoms with Gasteiger partial charge in [-0.2, -0.15) is 0 Å². The number of carbonyl (C=O) groups excluding carboxylic acids is 2. The monoisotopic (exact) mass is 458 g/mol. The van der Waals surface area contributed by atoms with E-state index in [4.69, 9.17) is 18.9 Å². The SMILES string of the molecule is O=C(N[C@H]1CCCN2C(=O)COc3ccccc3C3CCC(CC3)OC[C@@H]12)C1COCCO1. The van der Waals surface area contributed by atoms with E-state index in [-0.39, 0.29) is 43.2 Å². The lowest BCUT2D eigenvalue weighted by molar-refractivity contribution is -0.151.